The van der Waals surface area contributed by atoms with Crippen molar-refractivity contribution in [3.8, 4) is 0 Å². The van der Waals surface area contributed by atoms with Crippen molar-refractivity contribution in [1.82, 2.24) is 4.90 Å². The molecule has 0 radical (unpaired) electrons. The normalized spacial score (nSPS) is 15.8. The Morgan fingerprint density at radius 1 is 1.06 bits per heavy atom. The molecule has 3 rings (SSSR count). The lowest BCUT2D eigenvalue weighted by molar-refractivity contribution is -0.388. The molecular weight excluding hydrogens is 487 g/mol. The van der Waals surface area contributed by atoms with E-state index in [1.807, 2.05) is 30.3 Å². The van der Waals surface area contributed by atoms with Gasteiger partial charge >= 0.3 is 5.51 Å². The van der Waals surface area contributed by atoms with Gasteiger partial charge in [0.2, 0.25) is 5.91 Å². The lowest BCUT2D eigenvalue weighted by atomic mass is 10.2. The van der Waals surface area contributed by atoms with Crippen molar-refractivity contribution in [1.29, 1.82) is 0 Å². The summed E-state index contributed by atoms with van der Waals surface area (Å²) in [6.07, 6.45) is 0. The van der Waals surface area contributed by atoms with Crippen LogP contribution in [0.25, 0.3) is 0 Å². The molecule has 1 saturated heterocycles. The number of carbonyl (C=O) groups is 1. The Kier molecular flexibility index (Phi) is 7.07. The van der Waals surface area contributed by atoms with E-state index in [9.17, 15) is 40.7 Å². The summed E-state index contributed by atoms with van der Waals surface area (Å²) in [5.74, 6) is -1.17. The van der Waals surface area contributed by atoms with E-state index in [2.05, 4.69) is 4.90 Å². The van der Waals surface area contributed by atoms with Crippen molar-refractivity contribution in [2.24, 2.45) is 0 Å². The summed E-state index contributed by atoms with van der Waals surface area (Å²) in [5.41, 5.74) is -5.74. The van der Waals surface area contributed by atoms with Crippen LogP contribution >= 0.6 is 0 Å². The SMILES string of the molecule is O=C(C[S@@](=O)c1ccc(S(=O)(=O)C(F)(F)F)cc1[N+](=O)[O-])N1CCN(c2ccccc2)CC1. The standard InChI is InChI=1S/C19H18F3N3O6S2/c20-19(21,22)33(30,31)15-6-7-17(16(12-15)25(27)28)32(29)13-18(26)24-10-8-23(9-11-24)14-4-2-1-3-5-14/h1-7,12H,8-11,13H2/t32-/m1/s1. The number of hydrogen-bond donors (Lipinski definition) is 0. The predicted octanol–water partition coefficient (Wildman–Crippen LogP) is 2.34. The number of hydrogen-bond acceptors (Lipinski definition) is 7. The van der Waals surface area contributed by atoms with Gasteiger partial charge in [-0.15, -0.1) is 0 Å². The monoisotopic (exact) mass is 505 g/mol. The van der Waals surface area contributed by atoms with Gasteiger partial charge in [0.15, 0.2) is 0 Å². The van der Waals surface area contributed by atoms with Gasteiger partial charge in [-0.3, -0.25) is 19.1 Å². The predicted molar refractivity (Wildman–Crippen MR) is 113 cm³/mol. The third-order valence-electron chi connectivity index (χ3n) is 5.00. The second-order valence-corrected chi connectivity index (χ2v) is 10.4. The van der Waals surface area contributed by atoms with Crippen LogP contribution < -0.4 is 4.90 Å². The summed E-state index contributed by atoms with van der Waals surface area (Å²) in [6.45, 7) is 1.70. The topological polar surface area (TPSA) is 118 Å². The number of rotatable bonds is 6. The van der Waals surface area contributed by atoms with Crippen LogP contribution in [-0.2, 0) is 25.4 Å². The fourth-order valence-corrected chi connectivity index (χ4v) is 5.20. The van der Waals surface area contributed by atoms with Crippen LogP contribution in [0.3, 0.4) is 0 Å². The van der Waals surface area contributed by atoms with Gasteiger partial charge in [-0.2, -0.15) is 13.2 Å². The molecule has 1 fully saturated rings. The second kappa shape index (κ2) is 9.47. The molecule has 1 amide bonds. The third-order valence-corrected chi connectivity index (χ3v) is 7.82. The number of anilines is 1. The number of halogens is 3. The highest BCUT2D eigenvalue weighted by Crippen LogP contribution is 2.34. The van der Waals surface area contributed by atoms with Gasteiger partial charge in [0, 0.05) is 37.9 Å². The minimum Gasteiger partial charge on any atom is -0.368 e. The fraction of sp³-hybridized carbons (Fsp3) is 0.316. The maximum Gasteiger partial charge on any atom is 0.501 e. The molecule has 0 aliphatic carbocycles. The quantitative estimate of drug-likeness (QED) is 0.437. The Balaban J connectivity index is 1.72. The average Bonchev–Trinajstić information content (AvgIpc) is 2.78. The van der Waals surface area contributed by atoms with Crippen LogP contribution in [-0.4, -0.2) is 65.8 Å². The number of nitro benzene ring substituents is 1. The Morgan fingerprint density at radius 2 is 1.67 bits per heavy atom. The van der Waals surface area contributed by atoms with E-state index in [0.717, 1.165) is 5.69 Å². The first kappa shape index (κ1) is 24.6. The molecule has 178 valence electrons. The smallest absolute Gasteiger partial charge is 0.368 e. The Morgan fingerprint density at radius 3 is 2.21 bits per heavy atom. The number of sulfone groups is 1. The summed E-state index contributed by atoms with van der Waals surface area (Å²) in [6, 6.07) is 10.9. The molecule has 0 spiro atoms. The molecule has 2 aromatic rings. The molecule has 1 atom stereocenters. The van der Waals surface area contributed by atoms with Crippen LogP contribution in [0.5, 0.6) is 0 Å². The molecule has 2 aromatic carbocycles. The second-order valence-electron chi connectivity index (χ2n) is 7.03. The minimum absolute atomic E-state index is 0.208. The molecule has 1 aliphatic rings. The van der Waals surface area contributed by atoms with Gasteiger partial charge in [-0.05, 0) is 24.3 Å². The maximum absolute atomic E-state index is 12.8. The molecule has 0 saturated carbocycles. The molecule has 0 aromatic heterocycles. The maximum atomic E-state index is 12.8. The first-order chi connectivity index (χ1) is 15.4. The number of amides is 1. The first-order valence-corrected chi connectivity index (χ1v) is 12.3. The van der Waals surface area contributed by atoms with Crippen molar-refractivity contribution in [2.45, 2.75) is 15.3 Å². The molecule has 14 heteroatoms. The van der Waals surface area contributed by atoms with Gasteiger partial charge in [-0.25, -0.2) is 8.42 Å². The lowest BCUT2D eigenvalue weighted by Gasteiger charge is -2.36. The molecule has 0 bridgehead atoms. The molecule has 1 aliphatic heterocycles. The number of nitrogens with zero attached hydrogens (tertiary/aromatic N) is 3. The number of carbonyl (C=O) groups excluding carboxylic acids is 1. The molecule has 0 N–H and O–H groups in total. The number of benzene rings is 2. The molecule has 0 unspecified atom stereocenters. The Labute approximate surface area is 189 Å². The van der Waals surface area contributed by atoms with E-state index in [0.29, 0.717) is 38.3 Å². The van der Waals surface area contributed by atoms with Crippen molar-refractivity contribution in [2.75, 3.05) is 36.8 Å². The zero-order valence-corrected chi connectivity index (χ0v) is 18.5. The Bertz CT molecular complexity index is 1180. The lowest BCUT2D eigenvalue weighted by Crippen LogP contribution is -2.49. The van der Waals surface area contributed by atoms with E-state index in [4.69, 9.17) is 0 Å². The zero-order chi connectivity index (χ0) is 24.4. The van der Waals surface area contributed by atoms with Crippen molar-refractivity contribution in [3.63, 3.8) is 0 Å². The molecule has 33 heavy (non-hydrogen) atoms. The fourth-order valence-electron chi connectivity index (χ4n) is 3.27. The van der Waals surface area contributed by atoms with Crippen LogP contribution in [0.1, 0.15) is 0 Å². The number of piperazine rings is 1. The van der Waals surface area contributed by atoms with Crippen LogP contribution in [0, 0.1) is 10.1 Å². The van der Waals surface area contributed by atoms with Gasteiger partial charge in [-0.1, -0.05) is 18.2 Å². The summed E-state index contributed by atoms with van der Waals surface area (Å²) >= 11 is 0. The highest BCUT2D eigenvalue weighted by atomic mass is 32.2. The van der Waals surface area contributed by atoms with Crippen molar-refractivity contribution in [3.05, 3.63) is 58.6 Å². The van der Waals surface area contributed by atoms with Crippen molar-refractivity contribution >= 4 is 37.9 Å². The van der Waals surface area contributed by atoms with Gasteiger partial charge < -0.3 is 9.80 Å². The van der Waals surface area contributed by atoms with Crippen molar-refractivity contribution < 1.29 is 35.5 Å². The minimum atomic E-state index is -5.83. The van der Waals surface area contributed by atoms with Crippen LogP contribution in [0.2, 0.25) is 0 Å². The number of alkyl halides is 3. The van der Waals surface area contributed by atoms with Gasteiger partial charge in [0.1, 0.15) is 10.6 Å². The molecule has 9 nitrogen and oxygen atoms in total. The molecular formula is C19H18F3N3O6S2. The Hall–Kier alpha value is -3.00. The zero-order valence-electron chi connectivity index (χ0n) is 16.9. The molecule has 1 heterocycles. The van der Waals surface area contributed by atoms with E-state index < -0.39 is 58.2 Å². The van der Waals surface area contributed by atoms with Crippen LogP contribution in [0.15, 0.2) is 58.3 Å². The largest absolute Gasteiger partial charge is 0.501 e. The summed E-state index contributed by atoms with van der Waals surface area (Å²) in [5, 5.41) is 11.3. The van der Waals surface area contributed by atoms with Crippen LogP contribution in [0.4, 0.5) is 24.5 Å². The van der Waals surface area contributed by atoms with E-state index >= 15 is 0 Å². The van der Waals surface area contributed by atoms with E-state index in [1.54, 1.807) is 0 Å². The highest BCUT2D eigenvalue weighted by molar-refractivity contribution is 7.92. The number of para-hydroxylation sites is 1. The van der Waals surface area contributed by atoms with Gasteiger partial charge in [0.25, 0.3) is 15.5 Å². The summed E-state index contributed by atoms with van der Waals surface area (Å²) < 4.78 is 74.0. The number of nitro groups is 1. The first-order valence-electron chi connectivity index (χ1n) is 9.48. The summed E-state index contributed by atoms with van der Waals surface area (Å²) in [7, 11) is -8.10. The summed E-state index contributed by atoms with van der Waals surface area (Å²) in [4.78, 5) is 24.4. The third kappa shape index (κ3) is 5.33. The van der Waals surface area contributed by atoms with E-state index in [1.165, 1.54) is 4.90 Å². The highest BCUT2D eigenvalue weighted by Gasteiger charge is 2.47. The van der Waals surface area contributed by atoms with E-state index in [-0.39, 0.29) is 6.07 Å². The van der Waals surface area contributed by atoms with Gasteiger partial charge in [0.05, 0.1) is 20.6 Å². The average molecular weight is 505 g/mol.